The zero-order chi connectivity index (χ0) is 12.7. The van der Waals surface area contributed by atoms with Gasteiger partial charge in [-0.15, -0.1) is 11.3 Å². The number of thiophene rings is 1. The molecule has 1 unspecified atom stereocenters. The van der Waals surface area contributed by atoms with Gasteiger partial charge in [0.25, 0.3) is 5.95 Å². The summed E-state index contributed by atoms with van der Waals surface area (Å²) in [5.74, 6) is 0.808. The van der Waals surface area contributed by atoms with Crippen LogP contribution in [-0.2, 0) is 0 Å². The van der Waals surface area contributed by atoms with Crippen LogP contribution in [-0.4, -0.2) is 26.8 Å². The lowest BCUT2D eigenvalue weighted by Crippen LogP contribution is -2.30. The van der Waals surface area contributed by atoms with Crippen molar-refractivity contribution in [2.45, 2.75) is 19.9 Å². The van der Waals surface area contributed by atoms with Crippen LogP contribution < -0.4 is 4.90 Å². The Labute approximate surface area is 117 Å². The number of tetrazole rings is 1. The summed E-state index contributed by atoms with van der Waals surface area (Å²) in [6, 6.07) is 2.13. The Morgan fingerprint density at radius 1 is 1.50 bits per heavy atom. The first-order valence-electron chi connectivity index (χ1n) is 5.69. The fraction of sp³-hybridized carbons (Fsp3) is 0.364. The Hall–Kier alpha value is -1.21. The number of aromatic nitrogens is 4. The van der Waals surface area contributed by atoms with E-state index < -0.39 is 0 Å². The van der Waals surface area contributed by atoms with Crippen molar-refractivity contribution < 1.29 is 0 Å². The summed E-state index contributed by atoms with van der Waals surface area (Å²) < 4.78 is 2.97. The molecule has 3 rings (SSSR count). The number of hydrogen-bond acceptors (Lipinski definition) is 5. The van der Waals surface area contributed by atoms with Crippen LogP contribution in [0.15, 0.2) is 27.7 Å². The van der Waals surface area contributed by atoms with Gasteiger partial charge in [-0.1, -0.05) is 5.10 Å². The van der Waals surface area contributed by atoms with Crippen LogP contribution in [0, 0.1) is 0 Å². The van der Waals surface area contributed by atoms with Gasteiger partial charge in [0.2, 0.25) is 0 Å². The highest BCUT2D eigenvalue weighted by atomic mass is 79.9. The molecule has 0 bridgehead atoms. The van der Waals surface area contributed by atoms with Crippen LogP contribution in [0.2, 0.25) is 0 Å². The van der Waals surface area contributed by atoms with E-state index in [4.69, 9.17) is 0 Å². The Kier molecular flexibility index (Phi) is 2.95. The lowest BCUT2D eigenvalue weighted by atomic mass is 10.1. The molecule has 0 saturated heterocycles. The molecule has 0 aromatic carbocycles. The minimum atomic E-state index is 0.0761. The minimum Gasteiger partial charge on any atom is -0.314 e. The van der Waals surface area contributed by atoms with Gasteiger partial charge in [-0.25, -0.2) is 0 Å². The molecule has 0 fully saturated rings. The Morgan fingerprint density at radius 2 is 2.33 bits per heavy atom. The van der Waals surface area contributed by atoms with Crippen LogP contribution in [0.1, 0.15) is 24.8 Å². The molecule has 0 saturated carbocycles. The van der Waals surface area contributed by atoms with Crippen LogP contribution in [0.25, 0.3) is 0 Å². The van der Waals surface area contributed by atoms with Gasteiger partial charge in [0.1, 0.15) is 6.04 Å². The van der Waals surface area contributed by atoms with Gasteiger partial charge in [0.15, 0.2) is 0 Å². The zero-order valence-corrected chi connectivity index (χ0v) is 12.4. The van der Waals surface area contributed by atoms with E-state index in [1.807, 2.05) is 4.68 Å². The standard InChI is InChI=1S/C11H12BrN5S/c1-3-16-7(2)6-9(10-8(12)4-5-18-10)17-11(16)13-14-15-17/h4-6,9H,3H2,1-2H3. The second kappa shape index (κ2) is 4.47. The largest absolute Gasteiger partial charge is 0.314 e. The number of allylic oxidation sites excluding steroid dienone is 2. The first-order chi connectivity index (χ1) is 8.72. The topological polar surface area (TPSA) is 46.8 Å². The molecule has 0 aliphatic carbocycles. The highest BCUT2D eigenvalue weighted by Gasteiger charge is 2.28. The first kappa shape index (κ1) is 11.9. The van der Waals surface area contributed by atoms with Gasteiger partial charge in [0.05, 0.1) is 0 Å². The van der Waals surface area contributed by atoms with Crippen LogP contribution in [0.3, 0.4) is 0 Å². The van der Waals surface area contributed by atoms with Gasteiger partial charge in [-0.05, 0) is 57.7 Å². The highest BCUT2D eigenvalue weighted by Crippen LogP contribution is 2.37. The lowest BCUT2D eigenvalue weighted by molar-refractivity contribution is 0.566. The van der Waals surface area contributed by atoms with Gasteiger partial charge < -0.3 is 4.90 Å². The van der Waals surface area contributed by atoms with Crippen molar-refractivity contribution in [3.8, 4) is 0 Å². The molecule has 2 aromatic heterocycles. The van der Waals surface area contributed by atoms with Gasteiger partial charge in [-0.3, -0.25) is 0 Å². The van der Waals surface area contributed by atoms with E-state index in [1.54, 1.807) is 11.3 Å². The molecule has 0 radical (unpaired) electrons. The molecule has 2 aromatic rings. The van der Waals surface area contributed by atoms with E-state index in [2.05, 4.69) is 67.7 Å². The van der Waals surface area contributed by atoms with Crippen molar-refractivity contribution in [3.05, 3.63) is 32.6 Å². The van der Waals surface area contributed by atoms with Gasteiger partial charge >= 0.3 is 0 Å². The summed E-state index contributed by atoms with van der Waals surface area (Å²) >= 11 is 5.29. The maximum atomic E-state index is 4.13. The summed E-state index contributed by atoms with van der Waals surface area (Å²) in [6.07, 6.45) is 2.20. The molecule has 3 heterocycles. The summed E-state index contributed by atoms with van der Waals surface area (Å²) in [4.78, 5) is 3.33. The molecule has 1 aliphatic rings. The summed E-state index contributed by atoms with van der Waals surface area (Å²) in [6.45, 7) is 5.05. The van der Waals surface area contributed by atoms with E-state index in [1.165, 1.54) is 10.6 Å². The van der Waals surface area contributed by atoms with E-state index in [9.17, 15) is 0 Å². The molecule has 94 valence electrons. The Balaban J connectivity index is 2.13. The van der Waals surface area contributed by atoms with Crippen LogP contribution in [0.4, 0.5) is 5.95 Å². The smallest absolute Gasteiger partial charge is 0.250 e. The SMILES string of the molecule is CCN1C(C)=CC(c2sccc2Br)n2nnnc21. The summed E-state index contributed by atoms with van der Waals surface area (Å²) in [5, 5.41) is 14.1. The second-order valence-corrected chi connectivity index (χ2v) is 5.86. The van der Waals surface area contributed by atoms with Crippen molar-refractivity contribution in [1.29, 1.82) is 0 Å². The van der Waals surface area contributed by atoms with Crippen LogP contribution >= 0.6 is 27.3 Å². The Bertz CT molecular complexity index is 602. The van der Waals surface area contributed by atoms with Crippen molar-refractivity contribution in [2.75, 3.05) is 11.4 Å². The van der Waals surface area contributed by atoms with Gasteiger partial charge in [0, 0.05) is 21.6 Å². The average molecular weight is 326 g/mol. The highest BCUT2D eigenvalue weighted by molar-refractivity contribution is 9.10. The molecule has 1 aliphatic heterocycles. The van der Waals surface area contributed by atoms with E-state index in [-0.39, 0.29) is 6.04 Å². The lowest BCUT2D eigenvalue weighted by Gasteiger charge is -2.29. The normalized spacial score (nSPS) is 18.7. The maximum absolute atomic E-state index is 4.13. The van der Waals surface area contributed by atoms with Crippen LogP contribution in [0.5, 0.6) is 0 Å². The molecule has 5 nitrogen and oxygen atoms in total. The number of anilines is 1. The third-order valence-electron chi connectivity index (χ3n) is 3.03. The van der Waals surface area contributed by atoms with Crippen molar-refractivity contribution in [3.63, 3.8) is 0 Å². The van der Waals surface area contributed by atoms with Crippen molar-refractivity contribution in [2.24, 2.45) is 0 Å². The number of halogens is 1. The predicted molar refractivity (Wildman–Crippen MR) is 74.8 cm³/mol. The molecular weight excluding hydrogens is 314 g/mol. The predicted octanol–water partition coefficient (Wildman–Crippen LogP) is 2.83. The molecule has 0 N–H and O–H groups in total. The fourth-order valence-electron chi connectivity index (χ4n) is 2.19. The van der Waals surface area contributed by atoms with E-state index in [0.717, 1.165) is 17.0 Å². The molecule has 18 heavy (non-hydrogen) atoms. The fourth-order valence-corrected chi connectivity index (χ4v) is 3.85. The first-order valence-corrected chi connectivity index (χ1v) is 7.36. The quantitative estimate of drug-likeness (QED) is 0.851. The van der Waals surface area contributed by atoms with E-state index in [0.29, 0.717) is 0 Å². The molecule has 0 amide bonds. The number of fused-ring (bicyclic) bond motifs is 1. The Morgan fingerprint density at radius 3 is 3.00 bits per heavy atom. The summed E-state index contributed by atoms with van der Waals surface area (Å²) in [7, 11) is 0. The molecule has 0 spiro atoms. The number of nitrogens with zero attached hydrogens (tertiary/aromatic N) is 5. The zero-order valence-electron chi connectivity index (χ0n) is 10.0. The van der Waals surface area contributed by atoms with Crippen molar-refractivity contribution >= 4 is 33.2 Å². The monoisotopic (exact) mass is 325 g/mol. The number of rotatable bonds is 2. The molecule has 1 atom stereocenters. The van der Waals surface area contributed by atoms with Gasteiger partial charge in [-0.2, -0.15) is 4.68 Å². The number of hydrogen-bond donors (Lipinski definition) is 0. The average Bonchev–Trinajstić information content (AvgIpc) is 2.97. The second-order valence-electron chi connectivity index (χ2n) is 4.05. The molecular formula is C11H12BrN5S. The van der Waals surface area contributed by atoms with Crippen molar-refractivity contribution in [1.82, 2.24) is 20.2 Å². The van der Waals surface area contributed by atoms with E-state index >= 15 is 0 Å². The third-order valence-corrected chi connectivity index (χ3v) is 4.98. The molecule has 7 heteroatoms. The summed E-state index contributed by atoms with van der Waals surface area (Å²) in [5.41, 5.74) is 1.19. The third kappa shape index (κ3) is 1.69. The maximum Gasteiger partial charge on any atom is 0.250 e. The minimum absolute atomic E-state index is 0.0761.